The van der Waals surface area contributed by atoms with Crippen LogP contribution in [0, 0.1) is 0 Å². The van der Waals surface area contributed by atoms with Gasteiger partial charge in [-0.15, -0.1) is 10.9 Å². The van der Waals surface area contributed by atoms with Crippen molar-refractivity contribution in [1.82, 2.24) is 0 Å². The van der Waals surface area contributed by atoms with Crippen LogP contribution in [0.2, 0.25) is 0 Å². The summed E-state index contributed by atoms with van der Waals surface area (Å²) in [6.45, 7) is 1.82. The van der Waals surface area contributed by atoms with E-state index >= 15 is 0 Å². The average molecular weight is 261 g/mol. The van der Waals surface area contributed by atoms with Gasteiger partial charge >= 0.3 is 5.30 Å². The Morgan fingerprint density at radius 3 is 2.75 bits per heavy atom. The molecule has 0 amide bonds. The first-order valence-electron chi connectivity index (χ1n) is 5.09. The lowest BCUT2D eigenvalue weighted by atomic mass is 9.97. The number of methoxy groups -OCH3 is 1. The Balaban J connectivity index is 2.49. The minimum absolute atomic E-state index is 0.0690. The predicted octanol–water partition coefficient (Wildman–Crippen LogP) is 3.25. The summed E-state index contributed by atoms with van der Waals surface area (Å²) in [5.41, 5.74) is 0.599. The molecule has 1 heterocycles. The van der Waals surface area contributed by atoms with Gasteiger partial charge in [0.05, 0.1) is 12.1 Å². The Morgan fingerprint density at radius 2 is 2.12 bits per heavy atom. The zero-order chi connectivity index (χ0) is 11.9. The van der Waals surface area contributed by atoms with E-state index in [2.05, 4.69) is 0 Å². The summed E-state index contributed by atoms with van der Waals surface area (Å²) in [4.78, 5) is 25.2. The molecule has 0 aromatic heterocycles. The highest BCUT2D eigenvalue weighted by atomic mass is 35.5. The molecule has 0 saturated heterocycles. The van der Waals surface area contributed by atoms with E-state index in [-0.39, 0.29) is 11.1 Å². The number of carbonyl (C=O) groups is 2. The van der Waals surface area contributed by atoms with Gasteiger partial charge in [0.2, 0.25) is 0 Å². The van der Waals surface area contributed by atoms with Crippen molar-refractivity contribution in [3.05, 3.63) is 20.4 Å². The zero-order valence-electron chi connectivity index (χ0n) is 9.17. The van der Waals surface area contributed by atoms with E-state index in [0.717, 1.165) is 22.7 Å². The number of ether oxygens (including phenoxy) is 1. The van der Waals surface area contributed by atoms with Crippen molar-refractivity contribution >= 4 is 33.6 Å². The van der Waals surface area contributed by atoms with Crippen LogP contribution in [0.3, 0.4) is 0 Å². The number of hydrogen-bond donors (Lipinski definition) is 1. The lowest BCUT2D eigenvalue weighted by Gasteiger charge is -2.21. The van der Waals surface area contributed by atoms with Gasteiger partial charge in [0.25, 0.3) is 0 Å². The standard InChI is InChI=1S/C11H13ClO3S/c1-6-10(12)9-7(13)4-3-5-8(9)16(6)11(14)15-2/h16H,3-5H2,1-2H3. The Bertz CT molecular complexity index is 437. The minimum atomic E-state index is -1.15. The molecule has 0 radical (unpaired) electrons. The largest absolute Gasteiger partial charge is 0.462 e. The summed E-state index contributed by atoms with van der Waals surface area (Å²) in [7, 11) is 0.224. The third-order valence-corrected chi connectivity index (χ3v) is 5.92. The SMILES string of the molecule is COC(=O)[SH]1C(C)=C(Cl)C2=C1CCCC2=O. The molecule has 5 heteroatoms. The van der Waals surface area contributed by atoms with Crippen LogP contribution >= 0.6 is 22.5 Å². The van der Waals surface area contributed by atoms with E-state index in [1.54, 1.807) is 0 Å². The maximum atomic E-state index is 11.8. The molecular weight excluding hydrogens is 248 g/mol. The van der Waals surface area contributed by atoms with Crippen LogP contribution in [0.5, 0.6) is 0 Å². The fraction of sp³-hybridized carbons (Fsp3) is 0.455. The molecule has 0 aromatic rings. The van der Waals surface area contributed by atoms with Crippen molar-refractivity contribution < 1.29 is 14.3 Å². The Morgan fingerprint density at radius 1 is 1.44 bits per heavy atom. The highest BCUT2D eigenvalue weighted by molar-refractivity contribution is 8.35. The maximum absolute atomic E-state index is 11.8. The van der Waals surface area contributed by atoms with Crippen LogP contribution in [0.4, 0.5) is 4.79 Å². The number of rotatable bonds is 0. The van der Waals surface area contributed by atoms with E-state index in [1.165, 1.54) is 7.11 Å². The second-order valence-corrected chi connectivity index (χ2v) is 6.43. The molecule has 2 aliphatic rings. The topological polar surface area (TPSA) is 43.4 Å². The lowest BCUT2D eigenvalue weighted by Crippen LogP contribution is -2.10. The number of hydrogen-bond acceptors (Lipinski definition) is 3. The Hall–Kier alpha value is -0.740. The fourth-order valence-corrected chi connectivity index (χ4v) is 4.89. The van der Waals surface area contributed by atoms with Gasteiger partial charge in [0.1, 0.15) is 0 Å². The first kappa shape index (κ1) is 11.7. The number of carbonyl (C=O) groups excluding carboxylic acids is 2. The van der Waals surface area contributed by atoms with Crippen molar-refractivity contribution in [2.75, 3.05) is 7.11 Å². The van der Waals surface area contributed by atoms with Crippen molar-refractivity contribution in [1.29, 1.82) is 0 Å². The molecule has 88 valence electrons. The van der Waals surface area contributed by atoms with E-state index in [9.17, 15) is 9.59 Å². The molecule has 16 heavy (non-hydrogen) atoms. The highest BCUT2D eigenvalue weighted by Gasteiger charge is 2.37. The number of allylic oxidation sites excluding steroid dienone is 4. The van der Waals surface area contributed by atoms with Crippen LogP contribution in [-0.2, 0) is 9.53 Å². The quantitative estimate of drug-likeness (QED) is 0.537. The second kappa shape index (κ2) is 4.26. The Labute approximate surface area is 102 Å². The molecule has 2 rings (SSSR count). The van der Waals surface area contributed by atoms with Crippen molar-refractivity contribution in [2.45, 2.75) is 26.2 Å². The molecule has 0 bridgehead atoms. The highest BCUT2D eigenvalue weighted by Crippen LogP contribution is 2.58. The molecule has 1 atom stereocenters. The number of halogens is 1. The zero-order valence-corrected chi connectivity index (χ0v) is 10.8. The molecule has 0 N–H and O–H groups in total. The van der Waals surface area contributed by atoms with E-state index in [0.29, 0.717) is 17.0 Å². The van der Waals surface area contributed by atoms with Crippen LogP contribution in [0.15, 0.2) is 20.4 Å². The summed E-state index contributed by atoms with van der Waals surface area (Å²) >= 11 is 6.14. The monoisotopic (exact) mass is 260 g/mol. The molecule has 0 aromatic carbocycles. The van der Waals surface area contributed by atoms with Crippen LogP contribution in [0.25, 0.3) is 0 Å². The van der Waals surface area contributed by atoms with Gasteiger partial charge in [-0.3, -0.25) is 4.79 Å². The summed E-state index contributed by atoms with van der Waals surface area (Å²) in [5.74, 6) is 0.0690. The van der Waals surface area contributed by atoms with Crippen molar-refractivity contribution in [3.8, 4) is 0 Å². The molecule has 0 saturated carbocycles. The maximum Gasteiger partial charge on any atom is 0.354 e. The smallest absolute Gasteiger partial charge is 0.354 e. The first-order valence-corrected chi connectivity index (χ1v) is 6.81. The molecule has 1 aliphatic heterocycles. The van der Waals surface area contributed by atoms with Gasteiger partial charge in [-0.05, 0) is 29.6 Å². The summed E-state index contributed by atoms with van der Waals surface area (Å²) in [6.07, 6.45) is 2.13. The number of thiol groups is 1. The molecule has 3 nitrogen and oxygen atoms in total. The molecule has 0 spiro atoms. The van der Waals surface area contributed by atoms with E-state index < -0.39 is 10.9 Å². The van der Waals surface area contributed by atoms with Crippen LogP contribution in [0.1, 0.15) is 26.2 Å². The third-order valence-electron chi connectivity index (χ3n) is 2.88. The molecular formula is C11H13ClO3S. The molecule has 1 aliphatic carbocycles. The van der Waals surface area contributed by atoms with Gasteiger partial charge in [0.15, 0.2) is 5.78 Å². The van der Waals surface area contributed by atoms with Crippen LogP contribution in [-0.4, -0.2) is 18.2 Å². The number of ketones is 1. The van der Waals surface area contributed by atoms with Gasteiger partial charge in [-0.25, -0.2) is 4.79 Å². The van der Waals surface area contributed by atoms with Gasteiger partial charge in [-0.1, -0.05) is 11.6 Å². The minimum Gasteiger partial charge on any atom is -0.462 e. The number of Topliss-reactive ketones (excluding diaryl/α,β-unsaturated/α-hetero) is 1. The van der Waals surface area contributed by atoms with Gasteiger partial charge < -0.3 is 4.74 Å². The van der Waals surface area contributed by atoms with Crippen molar-refractivity contribution in [2.24, 2.45) is 0 Å². The second-order valence-electron chi connectivity index (χ2n) is 3.80. The van der Waals surface area contributed by atoms with Gasteiger partial charge in [0, 0.05) is 12.0 Å². The fourth-order valence-electron chi connectivity index (χ4n) is 2.12. The predicted molar refractivity (Wildman–Crippen MR) is 65.8 cm³/mol. The average Bonchev–Trinajstić information content (AvgIpc) is 2.52. The third kappa shape index (κ3) is 1.60. The summed E-state index contributed by atoms with van der Waals surface area (Å²) in [6, 6.07) is 0. The van der Waals surface area contributed by atoms with Crippen LogP contribution < -0.4 is 0 Å². The lowest BCUT2D eigenvalue weighted by molar-refractivity contribution is -0.115. The van der Waals surface area contributed by atoms with E-state index in [4.69, 9.17) is 16.3 Å². The molecule has 1 unspecified atom stereocenters. The molecule has 0 fully saturated rings. The first-order chi connectivity index (χ1) is 7.57. The normalized spacial score (nSPS) is 27.2. The summed E-state index contributed by atoms with van der Waals surface area (Å²) < 4.78 is 4.79. The van der Waals surface area contributed by atoms with Gasteiger partial charge in [-0.2, -0.15) is 0 Å². The van der Waals surface area contributed by atoms with E-state index in [1.807, 2.05) is 6.92 Å². The summed E-state index contributed by atoms with van der Waals surface area (Å²) in [5, 5.41) is 0.224. The Kier molecular flexibility index (Phi) is 3.13. The van der Waals surface area contributed by atoms with Crippen molar-refractivity contribution in [3.63, 3.8) is 0 Å².